The number of carboxylic acid groups (broad SMARTS) is 1. The second-order valence-corrected chi connectivity index (χ2v) is 4.48. The topological polar surface area (TPSA) is 107 Å². The van der Waals surface area contributed by atoms with Crippen LogP contribution in [0.1, 0.15) is 16.8 Å². The average molecular weight is 318 g/mol. The molecule has 0 radical (unpaired) electrons. The van der Waals surface area contributed by atoms with Crippen molar-refractivity contribution in [3.63, 3.8) is 0 Å². The minimum absolute atomic E-state index is 0.00173. The minimum atomic E-state index is -1.51. The number of nitrogens with one attached hydrogen (secondary N) is 1. The van der Waals surface area contributed by atoms with Gasteiger partial charge in [-0.3, -0.25) is 4.79 Å². The lowest BCUT2D eigenvalue weighted by atomic mass is 10.2. The molecule has 0 bridgehead atoms. The number of hydrogen-bond acceptors (Lipinski definition) is 4. The molecule has 7 heteroatoms. The minimum Gasteiger partial charge on any atom is -0.507 e. The Morgan fingerprint density at radius 1 is 1.39 bits per heavy atom. The summed E-state index contributed by atoms with van der Waals surface area (Å²) < 4.78 is 0.635. The SMILES string of the molecule is O=C(NCC[C@H](O)C(=O)O)c1cc(Br)ccc1O. The number of aliphatic hydroxyl groups is 1. The van der Waals surface area contributed by atoms with E-state index in [-0.39, 0.29) is 24.3 Å². The zero-order valence-corrected chi connectivity index (χ0v) is 10.8. The van der Waals surface area contributed by atoms with Gasteiger partial charge in [0.15, 0.2) is 6.10 Å². The Hall–Kier alpha value is -1.60. The Labute approximate surface area is 111 Å². The van der Waals surface area contributed by atoms with Gasteiger partial charge < -0.3 is 20.6 Å². The predicted molar refractivity (Wildman–Crippen MR) is 66.4 cm³/mol. The molecular formula is C11H12BrNO5. The Balaban J connectivity index is 2.55. The van der Waals surface area contributed by atoms with Gasteiger partial charge in [0.25, 0.3) is 5.91 Å². The molecule has 1 amide bonds. The molecule has 6 nitrogen and oxygen atoms in total. The number of carbonyl (C=O) groups excluding carboxylic acids is 1. The van der Waals surface area contributed by atoms with Gasteiger partial charge in [0.2, 0.25) is 0 Å². The first-order valence-electron chi connectivity index (χ1n) is 5.09. The molecule has 1 atom stereocenters. The van der Waals surface area contributed by atoms with Gasteiger partial charge in [0.1, 0.15) is 5.75 Å². The van der Waals surface area contributed by atoms with Gasteiger partial charge >= 0.3 is 5.97 Å². The molecule has 0 saturated heterocycles. The first kappa shape index (κ1) is 14.5. The predicted octanol–water partition coefficient (Wildman–Crippen LogP) is 0.720. The van der Waals surface area contributed by atoms with E-state index in [1.54, 1.807) is 6.07 Å². The summed E-state index contributed by atoms with van der Waals surface area (Å²) in [5.74, 6) is -2.05. The van der Waals surface area contributed by atoms with Crippen LogP contribution in [-0.2, 0) is 4.79 Å². The van der Waals surface area contributed by atoms with Gasteiger partial charge in [0.05, 0.1) is 5.56 Å². The summed E-state index contributed by atoms with van der Waals surface area (Å²) in [5, 5.41) is 29.3. The van der Waals surface area contributed by atoms with Crippen molar-refractivity contribution < 1.29 is 24.9 Å². The number of phenols is 1. The van der Waals surface area contributed by atoms with Gasteiger partial charge in [-0.1, -0.05) is 15.9 Å². The first-order chi connectivity index (χ1) is 8.41. The maximum Gasteiger partial charge on any atom is 0.332 e. The zero-order chi connectivity index (χ0) is 13.7. The third kappa shape index (κ3) is 4.01. The standard InChI is InChI=1S/C11H12BrNO5/c12-6-1-2-8(14)7(5-6)10(16)13-4-3-9(15)11(17)18/h1-2,5,9,14-15H,3-4H2,(H,13,16)(H,17,18)/t9-/m0/s1. The van der Waals surface area contributed by atoms with Crippen molar-refractivity contribution in [3.8, 4) is 5.75 Å². The Morgan fingerprint density at radius 2 is 2.06 bits per heavy atom. The molecule has 0 aliphatic carbocycles. The lowest BCUT2D eigenvalue weighted by Gasteiger charge is -2.08. The summed E-state index contributed by atoms with van der Waals surface area (Å²) in [6, 6.07) is 4.39. The molecule has 0 heterocycles. The number of carbonyl (C=O) groups is 2. The molecular weight excluding hydrogens is 306 g/mol. The quantitative estimate of drug-likeness (QED) is 0.640. The van der Waals surface area contributed by atoms with Crippen LogP contribution in [-0.4, -0.2) is 39.8 Å². The number of aliphatic hydroxyl groups excluding tert-OH is 1. The van der Waals surface area contributed by atoms with E-state index >= 15 is 0 Å². The van der Waals surface area contributed by atoms with E-state index in [1.165, 1.54) is 12.1 Å². The Morgan fingerprint density at radius 3 is 2.67 bits per heavy atom. The number of rotatable bonds is 5. The van der Waals surface area contributed by atoms with Gasteiger partial charge in [-0.15, -0.1) is 0 Å². The second kappa shape index (κ2) is 6.36. The summed E-state index contributed by atoms with van der Waals surface area (Å²) in [5.41, 5.74) is 0.0780. The van der Waals surface area contributed by atoms with Crippen molar-refractivity contribution in [2.75, 3.05) is 6.54 Å². The summed E-state index contributed by atoms with van der Waals surface area (Å²) >= 11 is 3.17. The molecule has 0 unspecified atom stereocenters. The number of aliphatic carboxylic acids is 1. The van der Waals surface area contributed by atoms with Crippen molar-refractivity contribution in [2.45, 2.75) is 12.5 Å². The Bertz CT molecular complexity index is 463. The van der Waals surface area contributed by atoms with Crippen molar-refractivity contribution in [1.82, 2.24) is 5.32 Å². The molecule has 0 aromatic heterocycles. The smallest absolute Gasteiger partial charge is 0.332 e. The monoisotopic (exact) mass is 317 g/mol. The van der Waals surface area contributed by atoms with Gasteiger partial charge in [-0.25, -0.2) is 4.79 Å². The normalized spacial score (nSPS) is 11.9. The molecule has 4 N–H and O–H groups in total. The summed E-state index contributed by atoms with van der Waals surface area (Å²) in [6.07, 6.45) is -1.61. The van der Waals surface area contributed by atoms with Crippen LogP contribution >= 0.6 is 15.9 Å². The fourth-order valence-electron chi connectivity index (χ4n) is 1.23. The van der Waals surface area contributed by atoms with Crippen LogP contribution in [0.3, 0.4) is 0 Å². The van der Waals surface area contributed by atoms with Crippen LogP contribution in [0.15, 0.2) is 22.7 Å². The Kier molecular flexibility index (Phi) is 5.11. The van der Waals surface area contributed by atoms with Crippen molar-refractivity contribution >= 4 is 27.8 Å². The molecule has 1 rings (SSSR count). The largest absolute Gasteiger partial charge is 0.507 e. The van der Waals surface area contributed by atoms with E-state index in [0.29, 0.717) is 4.47 Å². The molecule has 0 aliphatic rings. The van der Waals surface area contributed by atoms with Gasteiger partial charge in [-0.05, 0) is 18.2 Å². The number of aromatic hydroxyl groups is 1. The highest BCUT2D eigenvalue weighted by Crippen LogP contribution is 2.21. The van der Waals surface area contributed by atoms with Crippen molar-refractivity contribution in [1.29, 1.82) is 0 Å². The highest BCUT2D eigenvalue weighted by atomic mass is 79.9. The molecule has 0 fully saturated rings. The van der Waals surface area contributed by atoms with Crippen LogP contribution in [0, 0.1) is 0 Å². The number of hydrogen-bond donors (Lipinski definition) is 4. The summed E-state index contributed by atoms with van der Waals surface area (Å²) in [7, 11) is 0. The number of carboxylic acids is 1. The number of halogens is 1. The third-order valence-electron chi connectivity index (χ3n) is 2.19. The lowest BCUT2D eigenvalue weighted by molar-refractivity contribution is -0.146. The summed E-state index contributed by atoms with van der Waals surface area (Å²) in [6.45, 7) is -0.00173. The molecule has 0 saturated carbocycles. The van der Waals surface area contributed by atoms with Crippen LogP contribution in [0.25, 0.3) is 0 Å². The first-order valence-corrected chi connectivity index (χ1v) is 5.88. The molecule has 98 valence electrons. The van der Waals surface area contributed by atoms with Gasteiger partial charge in [0, 0.05) is 17.4 Å². The fraction of sp³-hybridized carbons (Fsp3) is 0.273. The number of amides is 1. The number of benzene rings is 1. The second-order valence-electron chi connectivity index (χ2n) is 3.56. The summed E-state index contributed by atoms with van der Waals surface area (Å²) in [4.78, 5) is 22.0. The zero-order valence-electron chi connectivity index (χ0n) is 9.26. The van der Waals surface area contributed by atoms with Gasteiger partial charge in [-0.2, -0.15) is 0 Å². The van der Waals surface area contributed by atoms with Crippen LogP contribution in [0.2, 0.25) is 0 Å². The average Bonchev–Trinajstić information content (AvgIpc) is 2.31. The molecule has 0 aliphatic heterocycles. The fourth-order valence-corrected chi connectivity index (χ4v) is 1.59. The van der Waals surface area contributed by atoms with E-state index in [2.05, 4.69) is 21.2 Å². The lowest BCUT2D eigenvalue weighted by Crippen LogP contribution is -2.30. The molecule has 1 aromatic rings. The maximum atomic E-state index is 11.6. The van der Waals surface area contributed by atoms with E-state index in [4.69, 9.17) is 10.2 Å². The maximum absolute atomic E-state index is 11.6. The van der Waals surface area contributed by atoms with Crippen molar-refractivity contribution in [2.24, 2.45) is 0 Å². The van der Waals surface area contributed by atoms with E-state index < -0.39 is 18.0 Å². The third-order valence-corrected chi connectivity index (χ3v) is 2.68. The number of phenolic OH excluding ortho intramolecular Hbond substituents is 1. The highest BCUT2D eigenvalue weighted by Gasteiger charge is 2.15. The molecule has 18 heavy (non-hydrogen) atoms. The molecule has 1 aromatic carbocycles. The van der Waals surface area contributed by atoms with Crippen LogP contribution < -0.4 is 5.32 Å². The van der Waals surface area contributed by atoms with E-state index in [1.807, 2.05) is 0 Å². The van der Waals surface area contributed by atoms with Crippen LogP contribution in [0.4, 0.5) is 0 Å². The van der Waals surface area contributed by atoms with Crippen LogP contribution in [0.5, 0.6) is 5.75 Å². The highest BCUT2D eigenvalue weighted by molar-refractivity contribution is 9.10. The van der Waals surface area contributed by atoms with Crippen molar-refractivity contribution in [3.05, 3.63) is 28.2 Å². The van der Waals surface area contributed by atoms with E-state index in [0.717, 1.165) is 0 Å². The van der Waals surface area contributed by atoms with E-state index in [9.17, 15) is 14.7 Å². The molecule has 0 spiro atoms.